The lowest BCUT2D eigenvalue weighted by molar-refractivity contribution is 0.103. The second-order valence-corrected chi connectivity index (χ2v) is 5.87. The van der Waals surface area contributed by atoms with E-state index in [1.807, 2.05) is 30.3 Å². The smallest absolute Gasteiger partial charge is 0.195 e. The molecule has 0 aliphatic heterocycles. The Bertz CT molecular complexity index is 850. The van der Waals surface area contributed by atoms with E-state index >= 15 is 0 Å². The summed E-state index contributed by atoms with van der Waals surface area (Å²) >= 11 is 3.43. The number of ketones is 1. The number of nitrogens with one attached hydrogen (secondary N) is 1. The SMILES string of the molecule is Nc1cccnc1Nc1cc(Br)ccc1C(=O)c1ccccc1. The van der Waals surface area contributed by atoms with Gasteiger partial charge < -0.3 is 11.1 Å². The van der Waals surface area contributed by atoms with Gasteiger partial charge in [0.15, 0.2) is 11.6 Å². The van der Waals surface area contributed by atoms with E-state index in [1.165, 1.54) is 0 Å². The van der Waals surface area contributed by atoms with E-state index in [1.54, 1.807) is 36.5 Å². The number of nitrogens with two attached hydrogens (primary N) is 1. The lowest BCUT2D eigenvalue weighted by Gasteiger charge is -2.13. The molecule has 5 heteroatoms. The molecule has 0 atom stereocenters. The number of hydrogen-bond acceptors (Lipinski definition) is 4. The van der Waals surface area contributed by atoms with Gasteiger partial charge in [-0.25, -0.2) is 4.98 Å². The number of hydrogen-bond donors (Lipinski definition) is 2. The van der Waals surface area contributed by atoms with Crippen LogP contribution < -0.4 is 11.1 Å². The highest BCUT2D eigenvalue weighted by Crippen LogP contribution is 2.28. The second kappa shape index (κ2) is 6.62. The van der Waals surface area contributed by atoms with E-state index in [-0.39, 0.29) is 5.78 Å². The van der Waals surface area contributed by atoms with Gasteiger partial charge in [0.2, 0.25) is 0 Å². The normalized spacial score (nSPS) is 10.3. The fourth-order valence-corrected chi connectivity index (χ4v) is 2.57. The summed E-state index contributed by atoms with van der Waals surface area (Å²) in [5, 5.41) is 3.15. The fourth-order valence-electron chi connectivity index (χ4n) is 2.21. The van der Waals surface area contributed by atoms with Gasteiger partial charge in [-0.15, -0.1) is 0 Å². The first-order chi connectivity index (χ1) is 11.1. The summed E-state index contributed by atoms with van der Waals surface area (Å²) in [7, 11) is 0. The molecule has 1 aromatic heterocycles. The summed E-state index contributed by atoms with van der Waals surface area (Å²) in [4.78, 5) is 17.0. The summed E-state index contributed by atoms with van der Waals surface area (Å²) in [5.74, 6) is 0.461. The molecule has 2 aromatic carbocycles. The molecule has 1 heterocycles. The predicted molar refractivity (Wildman–Crippen MR) is 95.9 cm³/mol. The number of halogens is 1. The minimum atomic E-state index is -0.0601. The lowest BCUT2D eigenvalue weighted by atomic mass is 10.0. The monoisotopic (exact) mass is 367 g/mol. The fraction of sp³-hybridized carbons (Fsp3) is 0. The Morgan fingerprint density at radius 2 is 1.83 bits per heavy atom. The Kier molecular flexibility index (Phi) is 4.39. The number of nitrogens with zero attached hydrogens (tertiary/aromatic N) is 1. The van der Waals surface area contributed by atoms with Crippen LogP contribution in [0.5, 0.6) is 0 Å². The zero-order valence-corrected chi connectivity index (χ0v) is 13.7. The number of pyridine rings is 1. The first-order valence-electron chi connectivity index (χ1n) is 7.02. The van der Waals surface area contributed by atoms with E-state index in [0.717, 1.165) is 4.47 Å². The van der Waals surface area contributed by atoms with Crippen molar-refractivity contribution in [3.8, 4) is 0 Å². The van der Waals surface area contributed by atoms with Crippen molar-refractivity contribution in [3.05, 3.63) is 82.5 Å². The van der Waals surface area contributed by atoms with Crippen molar-refractivity contribution in [2.75, 3.05) is 11.1 Å². The summed E-state index contributed by atoms with van der Waals surface area (Å²) in [6.45, 7) is 0. The summed E-state index contributed by atoms with van der Waals surface area (Å²) in [6.07, 6.45) is 1.65. The molecule has 0 bridgehead atoms. The molecule has 23 heavy (non-hydrogen) atoms. The molecule has 0 spiro atoms. The van der Waals surface area contributed by atoms with Crippen molar-refractivity contribution >= 4 is 38.9 Å². The quantitative estimate of drug-likeness (QED) is 0.670. The average Bonchev–Trinajstić information content (AvgIpc) is 2.57. The lowest BCUT2D eigenvalue weighted by Crippen LogP contribution is -2.07. The van der Waals surface area contributed by atoms with Crippen molar-refractivity contribution in [3.63, 3.8) is 0 Å². The molecule has 3 rings (SSSR count). The van der Waals surface area contributed by atoms with Crippen LogP contribution in [0.1, 0.15) is 15.9 Å². The molecular formula is C18H14BrN3O. The molecule has 114 valence electrons. The van der Waals surface area contributed by atoms with Gasteiger partial charge >= 0.3 is 0 Å². The number of carbonyl (C=O) groups excluding carboxylic acids is 1. The molecule has 0 unspecified atom stereocenters. The molecule has 0 amide bonds. The van der Waals surface area contributed by atoms with Gasteiger partial charge in [0, 0.05) is 21.8 Å². The average molecular weight is 368 g/mol. The summed E-state index contributed by atoms with van der Waals surface area (Å²) in [6, 6.07) is 18.1. The molecular weight excluding hydrogens is 354 g/mol. The van der Waals surface area contributed by atoms with Gasteiger partial charge in [-0.3, -0.25) is 4.79 Å². The Hall–Kier alpha value is -2.66. The molecule has 0 saturated heterocycles. The zero-order valence-electron chi connectivity index (χ0n) is 12.2. The van der Waals surface area contributed by atoms with Crippen molar-refractivity contribution in [2.45, 2.75) is 0 Å². The largest absolute Gasteiger partial charge is 0.396 e. The predicted octanol–water partition coefficient (Wildman–Crippen LogP) is 4.40. The number of benzene rings is 2. The van der Waals surface area contributed by atoms with Crippen LogP contribution in [0.25, 0.3) is 0 Å². The van der Waals surface area contributed by atoms with Gasteiger partial charge in [0.05, 0.1) is 11.4 Å². The second-order valence-electron chi connectivity index (χ2n) is 4.95. The number of nitrogen functional groups attached to an aromatic ring is 1. The third-order valence-electron chi connectivity index (χ3n) is 3.35. The highest BCUT2D eigenvalue weighted by Gasteiger charge is 2.15. The first-order valence-corrected chi connectivity index (χ1v) is 7.81. The van der Waals surface area contributed by atoms with E-state index in [4.69, 9.17) is 5.73 Å². The summed E-state index contributed by atoms with van der Waals surface area (Å²) < 4.78 is 0.860. The Morgan fingerprint density at radius 1 is 1.04 bits per heavy atom. The summed E-state index contributed by atoms with van der Waals surface area (Å²) in [5.41, 5.74) is 8.28. The number of anilines is 3. The van der Waals surface area contributed by atoms with E-state index in [2.05, 4.69) is 26.2 Å². The minimum Gasteiger partial charge on any atom is -0.396 e. The van der Waals surface area contributed by atoms with Gasteiger partial charge in [-0.2, -0.15) is 0 Å². The number of carbonyl (C=O) groups is 1. The van der Waals surface area contributed by atoms with E-state index < -0.39 is 0 Å². The standard InChI is InChI=1S/C18H14BrN3O/c19-13-8-9-14(17(23)12-5-2-1-3-6-12)16(11-13)22-18-15(20)7-4-10-21-18/h1-11H,20H2,(H,21,22). The molecule has 0 aliphatic rings. The van der Waals surface area contributed by atoms with Crippen LogP contribution in [-0.2, 0) is 0 Å². The van der Waals surface area contributed by atoms with E-state index in [9.17, 15) is 4.79 Å². The van der Waals surface area contributed by atoms with Crippen molar-refractivity contribution in [1.82, 2.24) is 4.98 Å². The van der Waals surface area contributed by atoms with Crippen molar-refractivity contribution in [1.29, 1.82) is 0 Å². The highest BCUT2D eigenvalue weighted by molar-refractivity contribution is 9.10. The van der Waals surface area contributed by atoms with Gasteiger partial charge in [0.1, 0.15) is 0 Å². The third kappa shape index (κ3) is 3.40. The van der Waals surface area contributed by atoms with Gasteiger partial charge in [-0.1, -0.05) is 46.3 Å². The van der Waals surface area contributed by atoms with Gasteiger partial charge in [-0.05, 0) is 30.3 Å². The third-order valence-corrected chi connectivity index (χ3v) is 3.85. The van der Waals surface area contributed by atoms with Crippen molar-refractivity contribution in [2.24, 2.45) is 0 Å². The van der Waals surface area contributed by atoms with Crippen LogP contribution in [0, 0.1) is 0 Å². The Balaban J connectivity index is 2.02. The first kappa shape index (κ1) is 15.2. The Morgan fingerprint density at radius 3 is 2.57 bits per heavy atom. The van der Waals surface area contributed by atoms with Crippen LogP contribution in [0.2, 0.25) is 0 Å². The molecule has 3 aromatic rings. The van der Waals surface area contributed by atoms with Crippen molar-refractivity contribution < 1.29 is 4.79 Å². The highest BCUT2D eigenvalue weighted by atomic mass is 79.9. The minimum absolute atomic E-state index is 0.0601. The van der Waals surface area contributed by atoms with Crippen LogP contribution in [0.15, 0.2) is 71.3 Å². The topological polar surface area (TPSA) is 68.0 Å². The zero-order chi connectivity index (χ0) is 16.2. The molecule has 0 radical (unpaired) electrons. The molecule has 0 fully saturated rings. The maximum absolute atomic E-state index is 12.7. The molecule has 0 saturated carbocycles. The maximum atomic E-state index is 12.7. The van der Waals surface area contributed by atoms with Crippen LogP contribution >= 0.6 is 15.9 Å². The molecule has 4 nitrogen and oxygen atoms in total. The van der Waals surface area contributed by atoms with Crippen LogP contribution in [0.4, 0.5) is 17.2 Å². The number of aromatic nitrogens is 1. The van der Waals surface area contributed by atoms with E-state index in [0.29, 0.717) is 28.3 Å². The Labute approximate surface area is 142 Å². The maximum Gasteiger partial charge on any atom is 0.195 e. The number of rotatable bonds is 4. The molecule has 3 N–H and O–H groups in total. The van der Waals surface area contributed by atoms with Crippen LogP contribution in [-0.4, -0.2) is 10.8 Å². The van der Waals surface area contributed by atoms with Gasteiger partial charge in [0.25, 0.3) is 0 Å². The molecule has 0 aliphatic carbocycles. The van der Waals surface area contributed by atoms with Crippen LogP contribution in [0.3, 0.4) is 0 Å².